The van der Waals surface area contributed by atoms with Crippen molar-refractivity contribution < 1.29 is 18.7 Å². The molecule has 0 radical (unpaired) electrons. The molecule has 1 aromatic rings. The molecule has 0 aliphatic carbocycles. The minimum Gasteiger partial charge on any atom is -0.394 e. The van der Waals surface area contributed by atoms with Crippen molar-refractivity contribution in [2.24, 2.45) is 5.73 Å². The number of aromatic nitrogens is 3. The number of primary amides is 1. The molecule has 15 heavy (non-hydrogen) atoms. The first-order chi connectivity index (χ1) is 6.99. The van der Waals surface area contributed by atoms with Crippen LogP contribution in [0.5, 0.6) is 0 Å². The first kappa shape index (κ1) is 11.5. The third-order valence-corrected chi connectivity index (χ3v) is 1.85. The van der Waals surface area contributed by atoms with E-state index in [1.165, 1.54) is 6.92 Å². The lowest BCUT2D eigenvalue weighted by Gasteiger charge is -2.11. The van der Waals surface area contributed by atoms with Gasteiger partial charge in [0.2, 0.25) is 0 Å². The zero-order chi connectivity index (χ0) is 11.6. The zero-order valence-electron chi connectivity index (χ0n) is 7.89. The van der Waals surface area contributed by atoms with Gasteiger partial charge in [0.1, 0.15) is 5.69 Å². The summed E-state index contributed by atoms with van der Waals surface area (Å²) >= 11 is 0. The van der Waals surface area contributed by atoms with Gasteiger partial charge >= 0.3 is 0 Å². The number of rotatable bonds is 4. The number of hydrogen-bond acceptors (Lipinski definition) is 4. The second-order valence-electron chi connectivity index (χ2n) is 2.96. The number of carbonyl (C=O) groups is 1. The van der Waals surface area contributed by atoms with E-state index < -0.39 is 29.8 Å². The summed E-state index contributed by atoms with van der Waals surface area (Å²) < 4.78 is 26.0. The largest absolute Gasteiger partial charge is 0.394 e. The number of carbonyl (C=O) groups excluding carboxylic acids is 1. The van der Waals surface area contributed by atoms with Crippen molar-refractivity contribution in [3.63, 3.8) is 0 Å². The number of nitrogens with two attached hydrogens (primary N) is 1. The monoisotopic (exact) mass is 220 g/mol. The number of amides is 1. The molecule has 0 spiro atoms. The Morgan fingerprint density at radius 1 is 1.67 bits per heavy atom. The molecular weight excluding hydrogens is 210 g/mol. The van der Waals surface area contributed by atoms with Gasteiger partial charge in [-0.3, -0.25) is 4.79 Å². The van der Waals surface area contributed by atoms with Crippen molar-refractivity contribution in [3.05, 3.63) is 11.4 Å². The van der Waals surface area contributed by atoms with Crippen LogP contribution in [0.25, 0.3) is 0 Å². The molecule has 0 saturated heterocycles. The number of aliphatic hydroxyl groups excluding tert-OH is 1. The molecule has 1 amide bonds. The Bertz CT molecular complexity index is 366. The zero-order valence-corrected chi connectivity index (χ0v) is 7.89. The average Bonchev–Trinajstić information content (AvgIpc) is 2.60. The molecule has 1 rings (SSSR count). The van der Waals surface area contributed by atoms with E-state index in [1.54, 1.807) is 0 Å². The van der Waals surface area contributed by atoms with Gasteiger partial charge in [0.05, 0.1) is 12.6 Å². The van der Waals surface area contributed by atoms with Crippen LogP contribution in [0, 0.1) is 0 Å². The molecule has 1 unspecified atom stereocenters. The highest BCUT2D eigenvalue weighted by molar-refractivity contribution is 5.91. The van der Waals surface area contributed by atoms with Crippen molar-refractivity contribution in [2.45, 2.75) is 19.4 Å². The maximum absolute atomic E-state index is 12.6. The molecule has 1 heterocycles. The Labute approximate surface area is 83.7 Å². The summed E-state index contributed by atoms with van der Waals surface area (Å²) in [5.74, 6) is -1.07. The Morgan fingerprint density at radius 3 is 2.67 bits per heavy atom. The van der Waals surface area contributed by atoms with E-state index in [4.69, 9.17) is 10.8 Å². The molecule has 0 aromatic carbocycles. The summed E-state index contributed by atoms with van der Waals surface area (Å²) in [5, 5.41) is 15.4. The highest BCUT2D eigenvalue weighted by atomic mass is 19.3. The lowest BCUT2D eigenvalue weighted by Crippen LogP contribution is -2.18. The van der Waals surface area contributed by atoms with Crippen LogP contribution in [0.15, 0.2) is 0 Å². The molecule has 0 aliphatic heterocycles. The van der Waals surface area contributed by atoms with Crippen molar-refractivity contribution in [1.82, 2.24) is 15.0 Å². The Morgan fingerprint density at radius 2 is 2.27 bits per heavy atom. The maximum Gasteiger partial charge on any atom is 0.282 e. The van der Waals surface area contributed by atoms with E-state index in [0.717, 1.165) is 4.68 Å². The van der Waals surface area contributed by atoms with E-state index >= 15 is 0 Å². The lowest BCUT2D eigenvalue weighted by molar-refractivity contribution is 0.0973. The van der Waals surface area contributed by atoms with Crippen LogP contribution in [0.2, 0.25) is 0 Å². The summed E-state index contributed by atoms with van der Waals surface area (Å²) in [6, 6.07) is -0.686. The molecule has 0 fully saturated rings. The van der Waals surface area contributed by atoms with E-state index in [9.17, 15) is 13.6 Å². The Hall–Kier alpha value is -1.57. The number of alkyl halides is 2. The molecule has 8 heteroatoms. The second kappa shape index (κ2) is 4.30. The Balaban J connectivity index is 3.24. The van der Waals surface area contributed by atoms with Gasteiger partial charge in [-0.1, -0.05) is 5.21 Å². The van der Waals surface area contributed by atoms with Gasteiger partial charge in [0.25, 0.3) is 12.3 Å². The van der Waals surface area contributed by atoms with Gasteiger partial charge < -0.3 is 10.8 Å². The fourth-order valence-electron chi connectivity index (χ4n) is 1.08. The summed E-state index contributed by atoms with van der Waals surface area (Å²) in [6.45, 7) is 1.08. The SMILES string of the molecule is CC(CO)n1nnc(C(N)=O)c1C(F)F. The van der Waals surface area contributed by atoms with E-state index in [2.05, 4.69) is 10.3 Å². The Kier molecular flexibility index (Phi) is 3.30. The van der Waals surface area contributed by atoms with Gasteiger partial charge in [0, 0.05) is 0 Å². The quantitative estimate of drug-likeness (QED) is 0.738. The summed E-state index contributed by atoms with van der Waals surface area (Å²) in [7, 11) is 0. The van der Waals surface area contributed by atoms with Crippen LogP contribution in [0.3, 0.4) is 0 Å². The minimum atomic E-state index is -2.92. The molecule has 0 aliphatic rings. The van der Waals surface area contributed by atoms with E-state index in [0.29, 0.717) is 0 Å². The summed E-state index contributed by atoms with van der Waals surface area (Å²) in [5.41, 5.74) is 3.63. The lowest BCUT2D eigenvalue weighted by atomic mass is 10.3. The van der Waals surface area contributed by atoms with E-state index in [1.807, 2.05) is 0 Å². The second-order valence-corrected chi connectivity index (χ2v) is 2.96. The third-order valence-electron chi connectivity index (χ3n) is 1.85. The molecular formula is C7H10F2N4O2. The van der Waals surface area contributed by atoms with Gasteiger partial charge in [-0.15, -0.1) is 5.10 Å². The van der Waals surface area contributed by atoms with Crippen LogP contribution in [-0.2, 0) is 0 Å². The fourth-order valence-corrected chi connectivity index (χ4v) is 1.08. The topological polar surface area (TPSA) is 94.0 Å². The fraction of sp³-hybridized carbons (Fsp3) is 0.571. The normalized spacial score (nSPS) is 13.1. The third kappa shape index (κ3) is 2.09. The highest BCUT2D eigenvalue weighted by Crippen LogP contribution is 2.23. The van der Waals surface area contributed by atoms with E-state index in [-0.39, 0.29) is 6.61 Å². The first-order valence-electron chi connectivity index (χ1n) is 4.13. The molecule has 0 bridgehead atoms. The smallest absolute Gasteiger partial charge is 0.282 e. The van der Waals surface area contributed by atoms with Gasteiger partial charge in [0.15, 0.2) is 5.69 Å². The summed E-state index contributed by atoms with van der Waals surface area (Å²) in [4.78, 5) is 10.8. The van der Waals surface area contributed by atoms with Gasteiger partial charge in [-0.05, 0) is 6.92 Å². The van der Waals surface area contributed by atoms with Crippen molar-refractivity contribution >= 4 is 5.91 Å². The van der Waals surface area contributed by atoms with Crippen LogP contribution in [-0.4, -0.2) is 32.6 Å². The van der Waals surface area contributed by atoms with Gasteiger partial charge in [-0.25, -0.2) is 13.5 Å². The molecule has 0 saturated carbocycles. The van der Waals surface area contributed by atoms with Crippen LogP contribution in [0.4, 0.5) is 8.78 Å². The van der Waals surface area contributed by atoms with Crippen molar-refractivity contribution in [1.29, 1.82) is 0 Å². The number of nitrogens with zero attached hydrogens (tertiary/aromatic N) is 3. The molecule has 84 valence electrons. The predicted molar refractivity (Wildman–Crippen MR) is 45.3 cm³/mol. The molecule has 1 atom stereocenters. The van der Waals surface area contributed by atoms with Crippen LogP contribution < -0.4 is 5.73 Å². The molecule has 6 nitrogen and oxygen atoms in total. The first-order valence-corrected chi connectivity index (χ1v) is 4.13. The molecule has 1 aromatic heterocycles. The van der Waals surface area contributed by atoms with Crippen LogP contribution >= 0.6 is 0 Å². The number of halogens is 2. The predicted octanol–water partition coefficient (Wildman–Crippen LogP) is -0.132. The average molecular weight is 220 g/mol. The van der Waals surface area contributed by atoms with Gasteiger partial charge in [-0.2, -0.15) is 0 Å². The highest BCUT2D eigenvalue weighted by Gasteiger charge is 2.26. The number of hydrogen-bond donors (Lipinski definition) is 2. The minimum absolute atomic E-state index is 0.388. The summed E-state index contributed by atoms with van der Waals surface area (Å²) in [6.07, 6.45) is -2.92. The molecule has 3 N–H and O–H groups in total. The van der Waals surface area contributed by atoms with Crippen molar-refractivity contribution in [2.75, 3.05) is 6.61 Å². The standard InChI is InChI=1S/C7H10F2N4O2/c1-3(2-14)13-5(6(8)9)4(7(10)15)11-12-13/h3,6,14H,2H2,1H3,(H2,10,15). The number of aliphatic hydroxyl groups is 1. The van der Waals surface area contributed by atoms with Crippen LogP contribution in [0.1, 0.15) is 35.6 Å². The van der Waals surface area contributed by atoms with Crippen molar-refractivity contribution in [3.8, 4) is 0 Å². The maximum atomic E-state index is 12.6.